The first-order valence-corrected chi connectivity index (χ1v) is 34.6. The van der Waals surface area contributed by atoms with E-state index in [9.17, 15) is 45.6 Å². The van der Waals surface area contributed by atoms with E-state index in [1.165, 1.54) is 154 Å². The van der Waals surface area contributed by atoms with Crippen molar-refractivity contribution in [3.63, 3.8) is 0 Å². The SMILES string of the molecule is CC/C=C\C/C=C\C/C=C\C/C=C\C/C=C\C/C=C\C/C=C\CCCC(=O)NC(COC1OC(CO)C(OC2OC(CO)C(O)C(O)C2O)C(O)C1O)C(O)/C=C/CC/C=C/CCCCCCCCCCCCCCCCCCCCCCCCCC. The highest BCUT2D eigenvalue weighted by atomic mass is 16.7. The Labute approximate surface area is 527 Å². The van der Waals surface area contributed by atoms with Crippen molar-refractivity contribution in [2.75, 3.05) is 19.8 Å². The zero-order valence-corrected chi connectivity index (χ0v) is 54.2. The van der Waals surface area contributed by atoms with Crippen LogP contribution in [0.3, 0.4) is 0 Å². The number of amides is 1. The lowest BCUT2D eigenvalue weighted by Gasteiger charge is -2.46. The summed E-state index contributed by atoms with van der Waals surface area (Å²) >= 11 is 0. The number of nitrogens with one attached hydrogen (secondary N) is 1. The third-order valence-corrected chi connectivity index (χ3v) is 16.2. The highest BCUT2D eigenvalue weighted by Gasteiger charge is 2.51. The molecule has 2 rings (SSSR count). The number of unbranched alkanes of at least 4 members (excludes halogenated alkanes) is 26. The summed E-state index contributed by atoms with van der Waals surface area (Å²) in [5, 5.41) is 87.3. The van der Waals surface area contributed by atoms with Crippen LogP contribution in [0.2, 0.25) is 0 Å². The van der Waals surface area contributed by atoms with Crippen LogP contribution in [0.5, 0.6) is 0 Å². The minimum absolute atomic E-state index is 0.187. The highest BCUT2D eigenvalue weighted by molar-refractivity contribution is 5.76. The number of carbonyl (C=O) groups is 1. The Balaban J connectivity index is 1.73. The van der Waals surface area contributed by atoms with Gasteiger partial charge in [0.15, 0.2) is 12.6 Å². The second-order valence-electron chi connectivity index (χ2n) is 23.9. The number of allylic oxidation sites excluding steroid dienone is 17. The first-order chi connectivity index (χ1) is 42.6. The van der Waals surface area contributed by atoms with Gasteiger partial charge in [-0.05, 0) is 83.5 Å². The van der Waals surface area contributed by atoms with Gasteiger partial charge in [-0.25, -0.2) is 0 Å². The molecule has 0 bridgehead atoms. The molecule has 500 valence electrons. The van der Waals surface area contributed by atoms with Crippen molar-refractivity contribution < 1.29 is 64.6 Å². The molecule has 0 aromatic carbocycles. The average Bonchev–Trinajstić information content (AvgIpc) is 2.33. The van der Waals surface area contributed by atoms with Crippen LogP contribution >= 0.6 is 0 Å². The number of hydrogen-bond acceptors (Lipinski definition) is 13. The van der Waals surface area contributed by atoms with Crippen LogP contribution in [0.1, 0.15) is 251 Å². The van der Waals surface area contributed by atoms with E-state index >= 15 is 0 Å². The van der Waals surface area contributed by atoms with Crippen molar-refractivity contribution in [1.82, 2.24) is 5.32 Å². The Morgan fingerprint density at radius 2 is 0.805 bits per heavy atom. The number of aliphatic hydroxyl groups excluding tert-OH is 8. The fourth-order valence-electron chi connectivity index (χ4n) is 10.7. The van der Waals surface area contributed by atoms with Gasteiger partial charge in [0.05, 0.1) is 32.0 Å². The zero-order chi connectivity index (χ0) is 63.1. The summed E-state index contributed by atoms with van der Waals surface area (Å²) < 4.78 is 22.8. The third-order valence-electron chi connectivity index (χ3n) is 16.2. The quantitative estimate of drug-likeness (QED) is 0.0204. The smallest absolute Gasteiger partial charge is 0.220 e. The van der Waals surface area contributed by atoms with Gasteiger partial charge in [0.1, 0.15) is 48.8 Å². The molecule has 9 N–H and O–H groups in total. The molecule has 2 aliphatic rings. The van der Waals surface area contributed by atoms with E-state index in [4.69, 9.17) is 18.9 Å². The molecule has 2 saturated heterocycles. The van der Waals surface area contributed by atoms with Gasteiger partial charge < -0.3 is 65.1 Å². The number of rotatable bonds is 55. The maximum Gasteiger partial charge on any atom is 0.220 e. The minimum atomic E-state index is -1.80. The van der Waals surface area contributed by atoms with Gasteiger partial charge in [0.25, 0.3) is 0 Å². The van der Waals surface area contributed by atoms with Crippen molar-refractivity contribution in [3.05, 3.63) is 109 Å². The minimum Gasteiger partial charge on any atom is -0.394 e. The maximum atomic E-state index is 13.3. The van der Waals surface area contributed by atoms with Crippen molar-refractivity contribution >= 4 is 5.91 Å². The molecule has 2 fully saturated rings. The van der Waals surface area contributed by atoms with Gasteiger partial charge in [-0.2, -0.15) is 0 Å². The van der Waals surface area contributed by atoms with Gasteiger partial charge in [-0.15, -0.1) is 0 Å². The summed E-state index contributed by atoms with van der Waals surface area (Å²) in [5.41, 5.74) is 0. The van der Waals surface area contributed by atoms with Crippen molar-refractivity contribution in [3.8, 4) is 0 Å². The molecule has 2 aliphatic heterocycles. The van der Waals surface area contributed by atoms with E-state index in [1.54, 1.807) is 6.08 Å². The molecule has 12 atom stereocenters. The Bertz CT molecular complexity index is 1880. The van der Waals surface area contributed by atoms with Gasteiger partial charge in [0.2, 0.25) is 5.91 Å². The summed E-state index contributed by atoms with van der Waals surface area (Å²) in [4.78, 5) is 13.3. The van der Waals surface area contributed by atoms with E-state index in [0.29, 0.717) is 19.3 Å². The van der Waals surface area contributed by atoms with E-state index in [0.717, 1.165) is 57.8 Å². The van der Waals surface area contributed by atoms with Crippen LogP contribution in [0.25, 0.3) is 0 Å². The van der Waals surface area contributed by atoms with Crippen LogP contribution in [0, 0.1) is 0 Å². The molecule has 87 heavy (non-hydrogen) atoms. The average molecular weight is 1220 g/mol. The Morgan fingerprint density at radius 3 is 1.26 bits per heavy atom. The summed E-state index contributed by atoms with van der Waals surface area (Å²) in [5.74, 6) is -0.309. The third kappa shape index (κ3) is 40.9. The van der Waals surface area contributed by atoms with Crippen molar-refractivity contribution in [2.45, 2.75) is 325 Å². The molecule has 14 heteroatoms. The van der Waals surface area contributed by atoms with Crippen molar-refractivity contribution in [1.29, 1.82) is 0 Å². The molecule has 0 aromatic rings. The topological polar surface area (TPSA) is 228 Å². The second kappa shape index (κ2) is 56.6. The standard InChI is InChI=1S/C73H125NO13/c1-3-5-7-9-11-13-15-17-19-21-23-25-27-28-29-30-31-32-33-35-36-38-40-42-44-46-48-50-52-54-56-62(77)61(60-84-72-70(83)68(81)71(64(59-76)86-72)87-73-69(82)67(80)66(79)63(58-75)85-73)74-65(78)57-55-53-51-49-47-45-43-41-39-37-34-26-24-22-20-18-16-14-12-10-8-6-4-2/h6,8,12,14,18,20,24,26,37,39,43,45-46,48-49,51,54,56,61-64,66-73,75-77,79-83H,3-5,7,9-11,13,15-17,19,21-23,25,27-36,38,40-42,44,47,50,52-53,55,57-60H2,1-2H3,(H,74,78)/b8-6-,14-12-,20-18-,26-24-,39-37-,45-43-,48-46+,51-49-,56-54+. The number of ether oxygens (including phenoxy) is 4. The largest absolute Gasteiger partial charge is 0.394 e. The Hall–Kier alpha value is -3.35. The summed E-state index contributed by atoms with van der Waals surface area (Å²) in [7, 11) is 0. The van der Waals surface area contributed by atoms with Gasteiger partial charge in [-0.1, -0.05) is 271 Å². The van der Waals surface area contributed by atoms with Gasteiger partial charge >= 0.3 is 0 Å². The molecular weight excluding hydrogens is 1100 g/mol. The fourth-order valence-corrected chi connectivity index (χ4v) is 10.7. The normalized spacial score (nSPS) is 24.0. The summed E-state index contributed by atoms with van der Waals surface area (Å²) in [6.45, 7) is 2.64. The lowest BCUT2D eigenvalue weighted by atomic mass is 9.97. The second-order valence-corrected chi connectivity index (χ2v) is 23.9. The van der Waals surface area contributed by atoms with Crippen LogP contribution < -0.4 is 5.32 Å². The first kappa shape index (κ1) is 79.7. The number of hydrogen-bond donors (Lipinski definition) is 9. The fraction of sp³-hybridized carbons (Fsp3) is 0.740. The van der Waals surface area contributed by atoms with Crippen LogP contribution in [0.4, 0.5) is 0 Å². The van der Waals surface area contributed by atoms with Gasteiger partial charge in [0, 0.05) is 6.42 Å². The Morgan fingerprint density at radius 1 is 0.425 bits per heavy atom. The van der Waals surface area contributed by atoms with Gasteiger partial charge in [-0.3, -0.25) is 4.79 Å². The molecule has 0 spiro atoms. The van der Waals surface area contributed by atoms with Crippen LogP contribution in [-0.2, 0) is 23.7 Å². The first-order valence-electron chi connectivity index (χ1n) is 34.6. The summed E-state index contributed by atoms with van der Waals surface area (Å²) in [6, 6.07) is -0.972. The van der Waals surface area contributed by atoms with E-state index in [-0.39, 0.29) is 18.9 Å². The molecule has 0 saturated carbocycles. The molecule has 0 aromatic heterocycles. The molecule has 2 heterocycles. The molecular formula is C73H125NO13. The van der Waals surface area contributed by atoms with E-state index in [2.05, 4.69) is 110 Å². The van der Waals surface area contributed by atoms with E-state index in [1.807, 2.05) is 12.2 Å². The summed E-state index contributed by atoms with van der Waals surface area (Å²) in [6.07, 6.45) is 64.4. The lowest BCUT2D eigenvalue weighted by molar-refractivity contribution is -0.359. The van der Waals surface area contributed by atoms with Crippen molar-refractivity contribution in [2.24, 2.45) is 0 Å². The predicted molar refractivity (Wildman–Crippen MR) is 355 cm³/mol. The number of carbonyl (C=O) groups excluding carboxylic acids is 1. The lowest BCUT2D eigenvalue weighted by Crippen LogP contribution is -2.65. The maximum absolute atomic E-state index is 13.3. The van der Waals surface area contributed by atoms with Crippen LogP contribution in [0.15, 0.2) is 109 Å². The van der Waals surface area contributed by atoms with Crippen LogP contribution in [-0.4, -0.2) is 140 Å². The highest BCUT2D eigenvalue weighted by Crippen LogP contribution is 2.30. The molecule has 0 radical (unpaired) electrons. The molecule has 0 aliphatic carbocycles. The molecule has 1 amide bonds. The Kier molecular flexibility index (Phi) is 51.9. The number of aliphatic hydroxyl groups is 8. The molecule has 12 unspecified atom stereocenters. The monoisotopic (exact) mass is 1220 g/mol. The zero-order valence-electron chi connectivity index (χ0n) is 54.2. The predicted octanol–water partition coefficient (Wildman–Crippen LogP) is 14.0. The van der Waals surface area contributed by atoms with E-state index < -0.39 is 86.8 Å². The molecule has 14 nitrogen and oxygen atoms in total.